The number of hydrogen-bond donors (Lipinski definition) is 1. The Morgan fingerprint density at radius 3 is 2.47 bits per heavy atom. The molecule has 4 rings (SSSR count). The minimum absolute atomic E-state index is 0.00198. The van der Waals surface area contributed by atoms with Gasteiger partial charge < -0.3 is 14.7 Å². The molecule has 174 valence electrons. The van der Waals surface area contributed by atoms with E-state index < -0.39 is 29.3 Å². The maximum Gasteiger partial charge on any atom is 0.296 e. The third-order valence-electron chi connectivity index (χ3n) is 5.93. The van der Waals surface area contributed by atoms with Gasteiger partial charge in [-0.3, -0.25) is 14.6 Å². The largest absolute Gasteiger partial charge is 0.507 e. The number of carbonyl (C=O) groups excluding carboxylic acids is 2. The Morgan fingerprint density at radius 1 is 1.12 bits per heavy atom. The molecule has 1 aliphatic heterocycles. The molecule has 0 aliphatic carbocycles. The van der Waals surface area contributed by atoms with Crippen LogP contribution in [0.25, 0.3) is 5.76 Å². The molecule has 1 aromatic heterocycles. The van der Waals surface area contributed by atoms with Crippen molar-refractivity contribution in [1.82, 2.24) is 9.88 Å². The van der Waals surface area contributed by atoms with Gasteiger partial charge in [-0.2, -0.15) is 0 Å². The SMILES string of the molecule is COc1ccc(F)cc1/C(O)=C1\C(=O)C(=O)N(Cc2ccccn2)C1c1ccc(C(C)C)cc1. The fraction of sp³-hybridized carbons (Fsp3) is 0.222. The summed E-state index contributed by atoms with van der Waals surface area (Å²) in [5, 5.41) is 11.2. The van der Waals surface area contributed by atoms with Crippen LogP contribution in [0.4, 0.5) is 4.39 Å². The van der Waals surface area contributed by atoms with Gasteiger partial charge >= 0.3 is 0 Å². The van der Waals surface area contributed by atoms with Crippen LogP contribution in [0.2, 0.25) is 0 Å². The van der Waals surface area contributed by atoms with Crippen LogP contribution in [0, 0.1) is 5.82 Å². The number of amides is 1. The molecule has 0 radical (unpaired) electrons. The fourth-order valence-corrected chi connectivity index (χ4v) is 4.13. The zero-order valence-corrected chi connectivity index (χ0v) is 19.2. The van der Waals surface area contributed by atoms with Crippen LogP contribution in [0.3, 0.4) is 0 Å². The van der Waals surface area contributed by atoms with Crippen LogP contribution < -0.4 is 4.74 Å². The molecule has 1 unspecified atom stereocenters. The first-order chi connectivity index (χ1) is 16.3. The molecule has 6 nitrogen and oxygen atoms in total. The molecule has 1 aliphatic rings. The van der Waals surface area contributed by atoms with E-state index in [2.05, 4.69) is 18.8 Å². The summed E-state index contributed by atoms with van der Waals surface area (Å²) in [6.45, 7) is 4.20. The van der Waals surface area contributed by atoms with Gasteiger partial charge in [0.15, 0.2) is 0 Å². The lowest BCUT2D eigenvalue weighted by atomic mass is 9.93. The maximum atomic E-state index is 14.0. The number of halogens is 1. The minimum atomic E-state index is -0.879. The van der Waals surface area contributed by atoms with Gasteiger partial charge in [0.25, 0.3) is 11.7 Å². The number of nitrogens with zero attached hydrogens (tertiary/aromatic N) is 2. The van der Waals surface area contributed by atoms with Gasteiger partial charge in [0.2, 0.25) is 0 Å². The summed E-state index contributed by atoms with van der Waals surface area (Å²) in [5.41, 5.74) is 2.22. The maximum absolute atomic E-state index is 14.0. The average Bonchev–Trinajstić information content (AvgIpc) is 3.09. The highest BCUT2D eigenvalue weighted by Crippen LogP contribution is 2.42. The lowest BCUT2D eigenvalue weighted by Crippen LogP contribution is -2.29. The molecule has 0 spiro atoms. The van der Waals surface area contributed by atoms with Crippen molar-refractivity contribution >= 4 is 17.4 Å². The number of aliphatic hydroxyl groups is 1. The molecule has 34 heavy (non-hydrogen) atoms. The standard InChI is InChI=1S/C27H25FN2O4/c1-16(2)17-7-9-18(10-8-17)24-23(25(31)21-14-19(28)11-12-22(21)34-3)26(32)27(33)30(24)15-20-6-4-5-13-29-20/h4-14,16,24,31H,15H2,1-3H3/b25-23+. The first kappa shape index (κ1) is 23.2. The molecule has 7 heteroatoms. The van der Waals surface area contributed by atoms with Crippen LogP contribution in [-0.2, 0) is 16.1 Å². The predicted molar refractivity (Wildman–Crippen MR) is 126 cm³/mol. The van der Waals surface area contributed by atoms with Gasteiger partial charge in [-0.05, 0) is 47.4 Å². The molecule has 2 heterocycles. The quantitative estimate of drug-likeness (QED) is 0.319. The number of methoxy groups -OCH3 is 1. The average molecular weight is 461 g/mol. The van der Waals surface area contributed by atoms with E-state index in [9.17, 15) is 19.1 Å². The van der Waals surface area contributed by atoms with E-state index in [-0.39, 0.29) is 23.4 Å². The third kappa shape index (κ3) is 4.29. The number of rotatable bonds is 6. The molecule has 2 aromatic carbocycles. The van der Waals surface area contributed by atoms with Crippen molar-refractivity contribution in [2.45, 2.75) is 32.4 Å². The fourth-order valence-electron chi connectivity index (χ4n) is 4.13. The number of ketones is 1. The number of benzene rings is 2. The second-order valence-electron chi connectivity index (χ2n) is 8.41. The molecule has 1 N–H and O–H groups in total. The molecule has 1 amide bonds. The van der Waals surface area contributed by atoms with Crippen molar-refractivity contribution in [3.63, 3.8) is 0 Å². The summed E-state index contributed by atoms with van der Waals surface area (Å²) < 4.78 is 19.3. The highest BCUT2D eigenvalue weighted by Gasteiger charge is 2.46. The molecule has 1 atom stereocenters. The summed E-state index contributed by atoms with van der Waals surface area (Å²) in [6.07, 6.45) is 1.61. The van der Waals surface area contributed by atoms with E-state index >= 15 is 0 Å². The van der Waals surface area contributed by atoms with Gasteiger partial charge in [0, 0.05) is 6.20 Å². The Kier molecular flexibility index (Phi) is 6.45. The van der Waals surface area contributed by atoms with Crippen molar-refractivity contribution in [3.05, 3.63) is 101 Å². The van der Waals surface area contributed by atoms with E-state index in [1.807, 2.05) is 24.3 Å². The topological polar surface area (TPSA) is 79.7 Å². The Morgan fingerprint density at radius 2 is 1.85 bits per heavy atom. The number of hydrogen-bond acceptors (Lipinski definition) is 5. The van der Waals surface area contributed by atoms with E-state index in [0.29, 0.717) is 17.2 Å². The molecule has 1 fully saturated rings. The monoisotopic (exact) mass is 460 g/mol. The van der Waals surface area contributed by atoms with Gasteiger partial charge in [-0.15, -0.1) is 0 Å². The number of aromatic nitrogens is 1. The molecule has 1 saturated heterocycles. The summed E-state index contributed by atoms with van der Waals surface area (Å²) in [4.78, 5) is 32.0. The minimum Gasteiger partial charge on any atom is -0.507 e. The number of aliphatic hydroxyl groups excluding tert-OH is 1. The Labute approximate surface area is 197 Å². The number of ether oxygens (including phenoxy) is 1. The van der Waals surface area contributed by atoms with E-state index in [1.165, 1.54) is 24.1 Å². The Bertz CT molecular complexity index is 1250. The van der Waals surface area contributed by atoms with Crippen LogP contribution in [0.5, 0.6) is 5.75 Å². The molecule has 0 bridgehead atoms. The third-order valence-corrected chi connectivity index (χ3v) is 5.93. The highest BCUT2D eigenvalue weighted by atomic mass is 19.1. The first-order valence-electron chi connectivity index (χ1n) is 10.9. The second kappa shape index (κ2) is 9.47. The lowest BCUT2D eigenvalue weighted by Gasteiger charge is -2.25. The van der Waals surface area contributed by atoms with Gasteiger partial charge in [0.1, 0.15) is 17.3 Å². The van der Waals surface area contributed by atoms with Crippen molar-refractivity contribution < 1.29 is 23.8 Å². The van der Waals surface area contributed by atoms with Gasteiger partial charge in [0.05, 0.1) is 36.5 Å². The van der Waals surface area contributed by atoms with Crippen LogP contribution in [-0.4, -0.2) is 33.8 Å². The summed E-state index contributed by atoms with van der Waals surface area (Å²) in [5.74, 6) is -2.23. The molecular formula is C27H25FN2O4. The van der Waals surface area contributed by atoms with Crippen molar-refractivity contribution in [2.75, 3.05) is 7.11 Å². The van der Waals surface area contributed by atoms with E-state index in [1.54, 1.807) is 24.4 Å². The van der Waals surface area contributed by atoms with Crippen LogP contribution in [0.1, 0.15) is 48.2 Å². The summed E-state index contributed by atoms with van der Waals surface area (Å²) in [7, 11) is 1.38. The van der Waals surface area contributed by atoms with Crippen LogP contribution in [0.15, 0.2) is 72.4 Å². The van der Waals surface area contributed by atoms with Gasteiger partial charge in [-0.25, -0.2) is 4.39 Å². The number of carbonyl (C=O) groups is 2. The number of likely N-dealkylation sites (tertiary alicyclic amines) is 1. The molecule has 0 saturated carbocycles. The smallest absolute Gasteiger partial charge is 0.296 e. The van der Waals surface area contributed by atoms with Crippen molar-refractivity contribution in [3.8, 4) is 5.75 Å². The Balaban J connectivity index is 1.90. The van der Waals surface area contributed by atoms with E-state index in [0.717, 1.165) is 11.6 Å². The van der Waals surface area contributed by atoms with Gasteiger partial charge in [-0.1, -0.05) is 44.2 Å². The molecular weight excluding hydrogens is 435 g/mol. The normalized spacial score (nSPS) is 17.4. The van der Waals surface area contributed by atoms with Crippen molar-refractivity contribution in [1.29, 1.82) is 0 Å². The van der Waals surface area contributed by atoms with Crippen LogP contribution >= 0.6 is 0 Å². The number of Topliss-reactive ketones (excluding diaryl/α,β-unsaturated/α-hetero) is 1. The number of pyridine rings is 1. The zero-order chi connectivity index (χ0) is 24.4. The van der Waals surface area contributed by atoms with E-state index in [4.69, 9.17) is 4.74 Å². The Hall–Kier alpha value is -4.00. The zero-order valence-electron chi connectivity index (χ0n) is 19.2. The lowest BCUT2D eigenvalue weighted by molar-refractivity contribution is -0.140. The summed E-state index contributed by atoms with van der Waals surface area (Å²) >= 11 is 0. The first-order valence-corrected chi connectivity index (χ1v) is 10.9. The second-order valence-corrected chi connectivity index (χ2v) is 8.41. The summed E-state index contributed by atoms with van der Waals surface area (Å²) in [6, 6.07) is 15.6. The molecule has 3 aromatic rings. The predicted octanol–water partition coefficient (Wildman–Crippen LogP) is 4.97. The highest BCUT2D eigenvalue weighted by molar-refractivity contribution is 6.46. The van der Waals surface area contributed by atoms with Crippen molar-refractivity contribution in [2.24, 2.45) is 0 Å².